The molecule has 1 aromatic rings. The number of benzene rings is 1. The second-order valence-electron chi connectivity index (χ2n) is 11.5. The van der Waals surface area contributed by atoms with Crippen LogP contribution in [-0.4, -0.2) is 60.7 Å². The molecule has 3 rings (SSSR count). The number of likely N-dealkylation sites (tertiary alicyclic amines) is 1. The molecular weight excluding hydrogens is 482 g/mol. The standard InChI is InChI=1S/C30H45N3O5/c1-30(2,3)38-29(36)32-26(27(34)14-13-23-9-7-8-10-23)21-24-15-18-33(19-16-24)20-17-31-28(35)37-22-25-11-5-4-6-12-25/h4-6,11-14,23-24,26H,7-10,15-22H2,1-3H3,(H,31,35)(H,32,36)/b14-13-. The lowest BCUT2D eigenvalue weighted by atomic mass is 9.88. The van der Waals surface area contributed by atoms with Crippen LogP contribution in [0.25, 0.3) is 0 Å². The molecule has 0 bridgehead atoms. The van der Waals surface area contributed by atoms with Crippen LogP contribution in [0.5, 0.6) is 0 Å². The third-order valence-electron chi connectivity index (χ3n) is 7.15. The Kier molecular flexibility index (Phi) is 11.6. The number of rotatable bonds is 11. The average molecular weight is 528 g/mol. The van der Waals surface area contributed by atoms with Gasteiger partial charge in [-0.2, -0.15) is 0 Å². The number of carbonyl (C=O) groups is 3. The summed E-state index contributed by atoms with van der Waals surface area (Å²) < 4.78 is 10.7. The number of amides is 2. The number of piperidine rings is 1. The van der Waals surface area contributed by atoms with Crippen molar-refractivity contribution in [2.45, 2.75) is 84.0 Å². The van der Waals surface area contributed by atoms with Gasteiger partial charge in [-0.05, 0) is 89.4 Å². The third kappa shape index (κ3) is 11.3. The van der Waals surface area contributed by atoms with E-state index in [1.165, 1.54) is 12.8 Å². The Morgan fingerprint density at radius 3 is 2.37 bits per heavy atom. The summed E-state index contributed by atoms with van der Waals surface area (Å²) in [5.41, 5.74) is 0.335. The highest BCUT2D eigenvalue weighted by Gasteiger charge is 2.28. The van der Waals surface area contributed by atoms with Gasteiger partial charge >= 0.3 is 12.2 Å². The molecule has 1 aliphatic carbocycles. The molecule has 2 aliphatic rings. The van der Waals surface area contributed by atoms with Crippen LogP contribution in [0.2, 0.25) is 0 Å². The molecule has 2 amide bonds. The zero-order chi connectivity index (χ0) is 27.4. The van der Waals surface area contributed by atoms with Crippen molar-refractivity contribution in [3.63, 3.8) is 0 Å². The fourth-order valence-electron chi connectivity index (χ4n) is 5.06. The number of hydrogen-bond acceptors (Lipinski definition) is 6. The molecule has 0 radical (unpaired) electrons. The second kappa shape index (κ2) is 14.9. The van der Waals surface area contributed by atoms with Crippen LogP contribution in [-0.2, 0) is 20.9 Å². The van der Waals surface area contributed by atoms with Crippen LogP contribution >= 0.6 is 0 Å². The average Bonchev–Trinajstić information content (AvgIpc) is 3.40. The van der Waals surface area contributed by atoms with Gasteiger partial charge in [-0.25, -0.2) is 9.59 Å². The number of alkyl carbamates (subject to hydrolysis) is 2. The van der Waals surface area contributed by atoms with Gasteiger partial charge in [0, 0.05) is 13.1 Å². The first-order valence-electron chi connectivity index (χ1n) is 14.1. The summed E-state index contributed by atoms with van der Waals surface area (Å²) in [6, 6.07) is 9.02. The highest BCUT2D eigenvalue weighted by Crippen LogP contribution is 2.26. The third-order valence-corrected chi connectivity index (χ3v) is 7.15. The van der Waals surface area contributed by atoms with Gasteiger partial charge in [0.05, 0.1) is 6.04 Å². The van der Waals surface area contributed by atoms with E-state index in [9.17, 15) is 14.4 Å². The minimum Gasteiger partial charge on any atom is -0.445 e. The number of ether oxygens (including phenoxy) is 2. The molecule has 1 atom stereocenters. The quantitative estimate of drug-likeness (QED) is 0.383. The normalized spacial score (nSPS) is 18.3. The number of hydrogen-bond donors (Lipinski definition) is 2. The van der Waals surface area contributed by atoms with Gasteiger partial charge in [0.1, 0.15) is 12.2 Å². The van der Waals surface area contributed by atoms with Crippen molar-refractivity contribution < 1.29 is 23.9 Å². The lowest BCUT2D eigenvalue weighted by Crippen LogP contribution is -2.45. The Hall–Kier alpha value is -2.87. The summed E-state index contributed by atoms with van der Waals surface area (Å²) in [6.45, 7) is 8.74. The second-order valence-corrected chi connectivity index (χ2v) is 11.5. The topological polar surface area (TPSA) is 97.0 Å². The Bertz CT molecular complexity index is 914. The summed E-state index contributed by atoms with van der Waals surface area (Å²) in [5, 5.41) is 5.66. The Labute approximate surface area is 227 Å². The van der Waals surface area contributed by atoms with Crippen LogP contribution in [0.4, 0.5) is 9.59 Å². The molecule has 210 valence electrons. The molecular formula is C30H45N3O5. The number of allylic oxidation sites excluding steroid dienone is 1. The predicted octanol–water partition coefficient (Wildman–Crippen LogP) is 5.22. The summed E-state index contributed by atoms with van der Waals surface area (Å²) in [5.74, 6) is 0.746. The maximum atomic E-state index is 13.1. The fourth-order valence-corrected chi connectivity index (χ4v) is 5.06. The SMILES string of the molecule is CC(C)(C)OC(=O)NC(CC1CCN(CCNC(=O)OCc2ccccc2)CC1)C(=O)/C=C\C1CCCC1. The number of nitrogens with zero attached hydrogens (tertiary/aromatic N) is 1. The summed E-state index contributed by atoms with van der Waals surface area (Å²) in [6.07, 6.45) is 9.90. The van der Waals surface area contributed by atoms with Gasteiger partial charge in [0.15, 0.2) is 5.78 Å². The Morgan fingerprint density at radius 2 is 1.71 bits per heavy atom. The molecule has 8 nitrogen and oxygen atoms in total. The largest absolute Gasteiger partial charge is 0.445 e. The van der Waals surface area contributed by atoms with Crippen molar-refractivity contribution in [2.24, 2.45) is 11.8 Å². The van der Waals surface area contributed by atoms with Crippen LogP contribution in [0, 0.1) is 11.8 Å². The van der Waals surface area contributed by atoms with E-state index < -0.39 is 23.8 Å². The molecule has 1 saturated carbocycles. The van der Waals surface area contributed by atoms with E-state index in [0.29, 0.717) is 24.8 Å². The highest BCUT2D eigenvalue weighted by molar-refractivity contribution is 5.96. The van der Waals surface area contributed by atoms with Crippen molar-refractivity contribution in [2.75, 3.05) is 26.2 Å². The molecule has 0 spiro atoms. The van der Waals surface area contributed by atoms with E-state index in [1.54, 1.807) is 6.08 Å². The molecule has 1 saturated heterocycles. The lowest BCUT2D eigenvalue weighted by Gasteiger charge is -2.33. The first-order valence-corrected chi connectivity index (χ1v) is 14.1. The van der Waals surface area contributed by atoms with Gasteiger partial charge in [-0.15, -0.1) is 0 Å². The van der Waals surface area contributed by atoms with Crippen molar-refractivity contribution in [1.82, 2.24) is 15.5 Å². The minimum atomic E-state index is -0.620. The van der Waals surface area contributed by atoms with Crippen LogP contribution in [0.3, 0.4) is 0 Å². The van der Waals surface area contributed by atoms with Crippen molar-refractivity contribution in [1.29, 1.82) is 0 Å². The number of ketones is 1. The van der Waals surface area contributed by atoms with E-state index >= 15 is 0 Å². The predicted molar refractivity (Wildman–Crippen MR) is 148 cm³/mol. The zero-order valence-electron chi connectivity index (χ0n) is 23.2. The first-order chi connectivity index (χ1) is 18.2. The van der Waals surface area contributed by atoms with E-state index in [4.69, 9.17) is 9.47 Å². The van der Waals surface area contributed by atoms with E-state index in [-0.39, 0.29) is 12.4 Å². The van der Waals surface area contributed by atoms with Gasteiger partial charge in [-0.1, -0.05) is 49.2 Å². The molecule has 0 aromatic heterocycles. The van der Waals surface area contributed by atoms with Crippen LogP contribution in [0.15, 0.2) is 42.5 Å². The summed E-state index contributed by atoms with van der Waals surface area (Å²) in [7, 11) is 0. The maximum absolute atomic E-state index is 13.1. The van der Waals surface area contributed by atoms with Crippen molar-refractivity contribution >= 4 is 18.0 Å². The molecule has 1 aliphatic heterocycles. The molecule has 8 heteroatoms. The van der Waals surface area contributed by atoms with Gasteiger partial charge in [-0.3, -0.25) is 4.79 Å². The number of nitrogens with one attached hydrogen (secondary N) is 2. The highest BCUT2D eigenvalue weighted by atomic mass is 16.6. The molecule has 1 aromatic carbocycles. The van der Waals surface area contributed by atoms with Gasteiger partial charge in [0.25, 0.3) is 0 Å². The Balaban J connectivity index is 1.41. The first kappa shape index (κ1) is 29.7. The van der Waals surface area contributed by atoms with E-state index in [0.717, 1.165) is 50.9 Å². The molecule has 1 heterocycles. The summed E-state index contributed by atoms with van der Waals surface area (Å²) in [4.78, 5) is 39.8. The molecule has 2 fully saturated rings. The fraction of sp³-hybridized carbons (Fsp3) is 0.633. The van der Waals surface area contributed by atoms with E-state index in [2.05, 4.69) is 15.5 Å². The van der Waals surface area contributed by atoms with Gasteiger partial charge < -0.3 is 25.0 Å². The van der Waals surface area contributed by atoms with Crippen LogP contribution < -0.4 is 10.6 Å². The maximum Gasteiger partial charge on any atom is 0.408 e. The zero-order valence-corrected chi connectivity index (χ0v) is 23.2. The Morgan fingerprint density at radius 1 is 1.03 bits per heavy atom. The smallest absolute Gasteiger partial charge is 0.408 e. The molecule has 2 N–H and O–H groups in total. The van der Waals surface area contributed by atoms with E-state index in [1.807, 2.05) is 57.2 Å². The van der Waals surface area contributed by atoms with Crippen molar-refractivity contribution in [3.8, 4) is 0 Å². The lowest BCUT2D eigenvalue weighted by molar-refractivity contribution is -0.117. The van der Waals surface area contributed by atoms with Crippen LogP contribution in [0.1, 0.15) is 71.3 Å². The molecule has 1 unspecified atom stereocenters. The monoisotopic (exact) mass is 527 g/mol. The molecule has 38 heavy (non-hydrogen) atoms. The number of carbonyl (C=O) groups excluding carboxylic acids is 3. The summed E-state index contributed by atoms with van der Waals surface area (Å²) >= 11 is 0. The van der Waals surface area contributed by atoms with Crippen molar-refractivity contribution in [3.05, 3.63) is 48.0 Å². The minimum absolute atomic E-state index is 0.0524. The van der Waals surface area contributed by atoms with Gasteiger partial charge in [0.2, 0.25) is 0 Å².